The third-order valence-electron chi connectivity index (χ3n) is 5.49. The Labute approximate surface area is 192 Å². The molecule has 1 aromatic carbocycles. The number of carbonyl (C=O) groups is 1. The Morgan fingerprint density at radius 1 is 1.14 bits per heavy atom. The largest absolute Gasteiger partial charge is 0.382 e. The molecule has 0 spiro atoms. The molecule has 1 aromatic rings. The average molecular weight is 516 g/mol. The number of ether oxygens (including phenoxy) is 1. The molecule has 29 heavy (non-hydrogen) atoms. The Morgan fingerprint density at radius 2 is 1.86 bits per heavy atom. The zero-order chi connectivity index (χ0) is 20.1. The highest BCUT2D eigenvalue weighted by Crippen LogP contribution is 2.40. The second-order valence-corrected chi connectivity index (χ2v) is 7.52. The van der Waals surface area contributed by atoms with Crippen LogP contribution >= 0.6 is 24.0 Å². The van der Waals surface area contributed by atoms with E-state index in [1.807, 2.05) is 25.1 Å². The molecule has 0 unspecified atom stereocenters. The summed E-state index contributed by atoms with van der Waals surface area (Å²) in [6.07, 6.45) is 6.92. The number of amides is 1. The number of carbonyl (C=O) groups excluding carboxylic acids is 1. The zero-order valence-electron chi connectivity index (χ0n) is 17.8. The predicted octanol–water partition coefficient (Wildman–Crippen LogP) is 3.12. The maximum absolute atomic E-state index is 12.1. The van der Waals surface area contributed by atoms with Crippen LogP contribution in [0.25, 0.3) is 0 Å². The first-order valence-electron chi connectivity index (χ1n) is 10.5. The second kappa shape index (κ2) is 14.6. The van der Waals surface area contributed by atoms with Crippen molar-refractivity contribution in [3.63, 3.8) is 0 Å². The zero-order valence-corrected chi connectivity index (χ0v) is 20.2. The van der Waals surface area contributed by atoms with Gasteiger partial charge in [0, 0.05) is 33.4 Å². The van der Waals surface area contributed by atoms with Gasteiger partial charge in [-0.3, -0.25) is 9.79 Å². The Hall–Kier alpha value is -1.35. The monoisotopic (exact) mass is 516 g/mol. The molecule has 0 heterocycles. The van der Waals surface area contributed by atoms with Gasteiger partial charge in [-0.05, 0) is 43.6 Å². The molecule has 2 rings (SSSR count). The first-order valence-corrected chi connectivity index (χ1v) is 10.5. The number of nitrogens with zero attached hydrogens (tertiary/aromatic N) is 1. The number of benzene rings is 1. The molecule has 0 aliphatic heterocycles. The van der Waals surface area contributed by atoms with E-state index in [1.54, 1.807) is 7.05 Å². The average Bonchev–Trinajstić information content (AvgIpc) is 3.18. The van der Waals surface area contributed by atoms with Crippen molar-refractivity contribution in [1.29, 1.82) is 0 Å². The van der Waals surface area contributed by atoms with E-state index >= 15 is 0 Å². The van der Waals surface area contributed by atoms with E-state index in [1.165, 1.54) is 31.2 Å². The van der Waals surface area contributed by atoms with Crippen molar-refractivity contribution in [2.75, 3.05) is 39.9 Å². The minimum Gasteiger partial charge on any atom is -0.382 e. The summed E-state index contributed by atoms with van der Waals surface area (Å²) < 4.78 is 5.58. The third-order valence-corrected chi connectivity index (χ3v) is 5.49. The van der Waals surface area contributed by atoms with E-state index in [2.05, 4.69) is 33.1 Å². The lowest BCUT2D eigenvalue weighted by Gasteiger charge is -2.30. The third kappa shape index (κ3) is 9.80. The standard InChI is InChI=1S/C22H36N4O2.HI/c1-3-28-16-14-22(12-7-8-13-22)18-26-21(23-2)25-17-20(27)24-15-11-19-9-5-4-6-10-19;/h4-6,9-10H,3,7-8,11-18H2,1-2H3,(H,24,27)(H2,23,25,26);1H. The molecule has 3 N–H and O–H groups in total. The Kier molecular flexibility index (Phi) is 12.9. The molecule has 1 amide bonds. The summed E-state index contributed by atoms with van der Waals surface area (Å²) in [7, 11) is 1.74. The molecule has 6 nitrogen and oxygen atoms in total. The summed E-state index contributed by atoms with van der Waals surface area (Å²) in [6.45, 7) is 5.35. The van der Waals surface area contributed by atoms with Gasteiger partial charge in [-0.15, -0.1) is 24.0 Å². The normalized spacial score (nSPS) is 15.4. The lowest BCUT2D eigenvalue weighted by molar-refractivity contribution is -0.119. The van der Waals surface area contributed by atoms with Gasteiger partial charge in [0.1, 0.15) is 0 Å². The SMILES string of the molecule is CCOCCC1(CNC(=NC)NCC(=O)NCCc2ccccc2)CCCC1.I. The lowest BCUT2D eigenvalue weighted by Crippen LogP contribution is -2.46. The van der Waals surface area contributed by atoms with Crippen LogP contribution in [0.4, 0.5) is 0 Å². The Balaban J connectivity index is 0.00000420. The van der Waals surface area contributed by atoms with Crippen LogP contribution in [-0.4, -0.2) is 51.8 Å². The molecule has 0 bridgehead atoms. The van der Waals surface area contributed by atoms with Crippen molar-refractivity contribution < 1.29 is 9.53 Å². The fraction of sp³-hybridized carbons (Fsp3) is 0.636. The van der Waals surface area contributed by atoms with Crippen LogP contribution in [0.5, 0.6) is 0 Å². The smallest absolute Gasteiger partial charge is 0.239 e. The number of hydrogen-bond acceptors (Lipinski definition) is 3. The molecule has 1 saturated carbocycles. The van der Waals surface area contributed by atoms with E-state index in [4.69, 9.17) is 4.74 Å². The topological polar surface area (TPSA) is 74.8 Å². The Morgan fingerprint density at radius 3 is 2.52 bits per heavy atom. The van der Waals surface area contributed by atoms with Crippen LogP contribution < -0.4 is 16.0 Å². The molecular weight excluding hydrogens is 479 g/mol. The molecule has 1 aliphatic carbocycles. The number of aliphatic imine (C=N–C) groups is 1. The quantitative estimate of drug-likeness (QED) is 0.183. The summed E-state index contributed by atoms with van der Waals surface area (Å²) >= 11 is 0. The number of guanidine groups is 1. The van der Waals surface area contributed by atoms with Gasteiger partial charge in [-0.2, -0.15) is 0 Å². The predicted molar refractivity (Wildman–Crippen MR) is 130 cm³/mol. The highest BCUT2D eigenvalue weighted by molar-refractivity contribution is 14.0. The molecule has 0 saturated heterocycles. The van der Waals surface area contributed by atoms with Crippen LogP contribution in [0.1, 0.15) is 44.6 Å². The maximum atomic E-state index is 12.1. The first-order chi connectivity index (χ1) is 13.7. The van der Waals surface area contributed by atoms with Crippen LogP contribution in [0.3, 0.4) is 0 Å². The number of nitrogens with one attached hydrogen (secondary N) is 3. The molecule has 164 valence electrons. The fourth-order valence-corrected chi connectivity index (χ4v) is 3.78. The molecule has 0 radical (unpaired) electrons. The van der Waals surface area contributed by atoms with Gasteiger partial charge in [0.25, 0.3) is 0 Å². The van der Waals surface area contributed by atoms with Crippen LogP contribution in [-0.2, 0) is 16.0 Å². The van der Waals surface area contributed by atoms with Crippen molar-refractivity contribution >= 4 is 35.8 Å². The summed E-state index contributed by atoms with van der Waals surface area (Å²) in [4.78, 5) is 16.3. The van der Waals surface area contributed by atoms with E-state index in [0.717, 1.165) is 32.6 Å². The minimum absolute atomic E-state index is 0. The van der Waals surface area contributed by atoms with Crippen molar-refractivity contribution in [3.8, 4) is 0 Å². The number of rotatable bonds is 11. The first kappa shape index (κ1) is 25.7. The van der Waals surface area contributed by atoms with Crippen molar-refractivity contribution in [1.82, 2.24) is 16.0 Å². The van der Waals surface area contributed by atoms with Gasteiger partial charge in [-0.1, -0.05) is 43.2 Å². The summed E-state index contributed by atoms with van der Waals surface area (Å²) in [5.74, 6) is 0.659. The van der Waals surface area contributed by atoms with Crippen molar-refractivity contribution in [2.24, 2.45) is 10.4 Å². The second-order valence-electron chi connectivity index (χ2n) is 7.52. The highest BCUT2D eigenvalue weighted by atomic mass is 127. The van der Waals surface area contributed by atoms with Gasteiger partial charge in [-0.25, -0.2) is 0 Å². The Bertz CT molecular complexity index is 604. The summed E-state index contributed by atoms with van der Waals surface area (Å²) in [6, 6.07) is 10.2. The van der Waals surface area contributed by atoms with E-state index < -0.39 is 0 Å². The summed E-state index contributed by atoms with van der Waals surface area (Å²) in [5.41, 5.74) is 1.51. The molecular formula is C22H37IN4O2. The van der Waals surface area contributed by atoms with E-state index in [-0.39, 0.29) is 41.8 Å². The maximum Gasteiger partial charge on any atom is 0.239 e. The number of halogens is 1. The van der Waals surface area contributed by atoms with Crippen LogP contribution in [0.15, 0.2) is 35.3 Å². The molecule has 1 fully saturated rings. The molecule has 0 aromatic heterocycles. The van der Waals surface area contributed by atoms with Crippen LogP contribution in [0.2, 0.25) is 0 Å². The van der Waals surface area contributed by atoms with Crippen molar-refractivity contribution in [2.45, 2.75) is 45.4 Å². The van der Waals surface area contributed by atoms with Gasteiger partial charge in [0.15, 0.2) is 5.96 Å². The highest BCUT2D eigenvalue weighted by Gasteiger charge is 2.33. The van der Waals surface area contributed by atoms with Gasteiger partial charge in [0.2, 0.25) is 5.91 Å². The lowest BCUT2D eigenvalue weighted by atomic mass is 9.83. The molecule has 0 atom stereocenters. The van der Waals surface area contributed by atoms with E-state index in [0.29, 0.717) is 12.5 Å². The summed E-state index contributed by atoms with van der Waals surface area (Å²) in [5, 5.41) is 9.49. The number of hydrogen-bond donors (Lipinski definition) is 3. The minimum atomic E-state index is -0.0224. The fourth-order valence-electron chi connectivity index (χ4n) is 3.78. The van der Waals surface area contributed by atoms with Gasteiger partial charge < -0.3 is 20.7 Å². The van der Waals surface area contributed by atoms with Gasteiger partial charge in [0.05, 0.1) is 6.54 Å². The molecule has 1 aliphatic rings. The van der Waals surface area contributed by atoms with Crippen molar-refractivity contribution in [3.05, 3.63) is 35.9 Å². The van der Waals surface area contributed by atoms with Gasteiger partial charge >= 0.3 is 0 Å². The van der Waals surface area contributed by atoms with Crippen LogP contribution in [0, 0.1) is 5.41 Å². The molecule has 7 heteroatoms. The van der Waals surface area contributed by atoms with E-state index in [9.17, 15) is 4.79 Å².